The number of hydrogen-bond acceptors (Lipinski definition) is 4. The third-order valence-corrected chi connectivity index (χ3v) is 3.23. The van der Waals surface area contributed by atoms with Crippen LogP contribution in [0.3, 0.4) is 0 Å². The number of esters is 1. The van der Waals surface area contributed by atoms with Crippen molar-refractivity contribution in [2.24, 2.45) is 5.10 Å². The van der Waals surface area contributed by atoms with Crippen LogP contribution < -0.4 is 4.74 Å². The molecule has 0 aliphatic rings. The zero-order valence-corrected chi connectivity index (χ0v) is 13.6. The van der Waals surface area contributed by atoms with Crippen LogP contribution in [-0.4, -0.2) is 31.3 Å². The summed E-state index contributed by atoms with van der Waals surface area (Å²) in [5.74, 6) is -0.102. The van der Waals surface area contributed by atoms with E-state index in [2.05, 4.69) is 5.10 Å². The highest BCUT2D eigenvalue weighted by Gasteiger charge is 2.13. The molecule has 0 N–H and O–H groups in total. The van der Waals surface area contributed by atoms with E-state index in [1.54, 1.807) is 41.6 Å². The van der Waals surface area contributed by atoms with Gasteiger partial charge in [-0.3, -0.25) is 0 Å². The summed E-state index contributed by atoms with van der Waals surface area (Å²) in [6.07, 6.45) is 1.71. The first kappa shape index (κ1) is 16.3. The topological polar surface area (TPSA) is 41.9 Å². The molecule has 0 aliphatic heterocycles. The first-order chi connectivity index (χ1) is 10.5. The van der Waals surface area contributed by atoms with Crippen molar-refractivity contribution in [3.63, 3.8) is 0 Å². The van der Waals surface area contributed by atoms with Crippen molar-refractivity contribution >= 4 is 35.4 Å². The lowest BCUT2D eigenvalue weighted by molar-refractivity contribution is 0.0735. The largest absolute Gasteiger partial charge is 0.423 e. The highest BCUT2D eigenvalue weighted by Crippen LogP contribution is 2.22. The molecule has 6 heteroatoms. The molecule has 114 valence electrons. The van der Waals surface area contributed by atoms with Gasteiger partial charge in [-0.15, -0.1) is 0 Å². The quantitative estimate of drug-likeness (QED) is 0.365. The maximum atomic E-state index is 12.1. The Morgan fingerprint density at radius 1 is 1.14 bits per heavy atom. The predicted molar refractivity (Wildman–Crippen MR) is 89.1 cm³/mol. The van der Waals surface area contributed by atoms with E-state index in [4.69, 9.17) is 27.9 Å². The Kier molecular flexibility index (Phi) is 5.41. The molecule has 0 saturated carbocycles. The number of benzene rings is 2. The fraction of sp³-hybridized carbons (Fsp3) is 0.125. The van der Waals surface area contributed by atoms with Crippen molar-refractivity contribution < 1.29 is 9.53 Å². The average Bonchev–Trinajstić information content (AvgIpc) is 2.46. The van der Waals surface area contributed by atoms with Crippen molar-refractivity contribution in [3.05, 3.63) is 63.6 Å². The lowest BCUT2D eigenvalue weighted by Crippen LogP contribution is -2.09. The second kappa shape index (κ2) is 7.29. The molecule has 0 amide bonds. The van der Waals surface area contributed by atoms with E-state index < -0.39 is 5.97 Å². The number of nitrogens with zero attached hydrogens (tertiary/aromatic N) is 2. The number of carbonyl (C=O) groups is 1. The van der Waals surface area contributed by atoms with Gasteiger partial charge < -0.3 is 9.75 Å². The third-order valence-electron chi connectivity index (χ3n) is 2.68. The fourth-order valence-electron chi connectivity index (χ4n) is 1.62. The molecule has 0 heterocycles. The van der Waals surface area contributed by atoms with Gasteiger partial charge in [-0.25, -0.2) is 4.79 Å². The standard InChI is InChI=1S/C16H14Cl2N2O2/c1-20(2)19-10-11-3-6-13(7-4-11)22-16(21)14-8-5-12(17)9-15(14)18/h3-10H,1-2H3/b19-10+. The van der Waals surface area contributed by atoms with Crippen LogP contribution in [0.4, 0.5) is 0 Å². The van der Waals surface area contributed by atoms with E-state index >= 15 is 0 Å². The normalized spacial score (nSPS) is 10.7. The Balaban J connectivity index is 2.08. The zero-order chi connectivity index (χ0) is 16.1. The van der Waals surface area contributed by atoms with Crippen molar-refractivity contribution in [1.29, 1.82) is 0 Å². The van der Waals surface area contributed by atoms with Crippen LogP contribution in [0.25, 0.3) is 0 Å². The minimum absolute atomic E-state index is 0.257. The fourth-order valence-corrected chi connectivity index (χ4v) is 2.11. The van der Waals surface area contributed by atoms with Crippen molar-refractivity contribution in [2.45, 2.75) is 0 Å². The number of rotatable bonds is 4. The molecule has 0 unspecified atom stereocenters. The van der Waals surface area contributed by atoms with Gasteiger partial charge in [0.15, 0.2) is 0 Å². The minimum Gasteiger partial charge on any atom is -0.423 e. The van der Waals surface area contributed by atoms with Crippen LogP contribution in [0.2, 0.25) is 10.0 Å². The van der Waals surface area contributed by atoms with E-state index in [0.29, 0.717) is 10.8 Å². The summed E-state index contributed by atoms with van der Waals surface area (Å²) in [7, 11) is 3.67. The Labute approximate surface area is 138 Å². The Bertz CT molecular complexity index is 698. The van der Waals surface area contributed by atoms with Gasteiger partial charge in [0.1, 0.15) is 5.75 Å². The molecule has 0 saturated heterocycles. The third kappa shape index (κ3) is 4.48. The molecule has 0 fully saturated rings. The molecule has 2 aromatic rings. The van der Waals surface area contributed by atoms with Crippen LogP contribution in [0.1, 0.15) is 15.9 Å². The highest BCUT2D eigenvalue weighted by molar-refractivity contribution is 6.36. The first-order valence-corrected chi connectivity index (χ1v) is 7.20. The molecule has 4 nitrogen and oxygen atoms in total. The summed E-state index contributed by atoms with van der Waals surface area (Å²) >= 11 is 11.8. The van der Waals surface area contributed by atoms with Crippen LogP contribution in [0.5, 0.6) is 5.75 Å². The van der Waals surface area contributed by atoms with Gasteiger partial charge in [-0.2, -0.15) is 5.10 Å². The molecule has 0 bridgehead atoms. The van der Waals surface area contributed by atoms with E-state index in [1.807, 2.05) is 14.1 Å². The van der Waals surface area contributed by atoms with Crippen LogP contribution in [0.15, 0.2) is 47.6 Å². The molecular formula is C16H14Cl2N2O2. The maximum Gasteiger partial charge on any atom is 0.345 e. The van der Waals surface area contributed by atoms with Gasteiger partial charge in [0, 0.05) is 19.1 Å². The molecule has 0 spiro atoms. The van der Waals surface area contributed by atoms with Crippen molar-refractivity contribution in [1.82, 2.24) is 5.01 Å². The highest BCUT2D eigenvalue weighted by atomic mass is 35.5. The predicted octanol–water partition coefficient (Wildman–Crippen LogP) is 4.11. The second-order valence-electron chi connectivity index (χ2n) is 4.67. The molecule has 0 aliphatic carbocycles. The SMILES string of the molecule is CN(C)/N=C/c1ccc(OC(=O)c2ccc(Cl)cc2Cl)cc1. The number of hydrazone groups is 1. The van der Waals surface area contributed by atoms with Gasteiger partial charge in [0.2, 0.25) is 0 Å². The Hall–Kier alpha value is -2.04. The minimum atomic E-state index is -0.531. The van der Waals surface area contributed by atoms with E-state index in [9.17, 15) is 4.79 Å². The number of ether oxygens (including phenoxy) is 1. The Morgan fingerprint density at radius 2 is 1.82 bits per heavy atom. The number of hydrogen-bond donors (Lipinski definition) is 0. The van der Waals surface area contributed by atoms with Gasteiger partial charge in [0.05, 0.1) is 16.8 Å². The number of carbonyl (C=O) groups excluding carboxylic acids is 1. The average molecular weight is 337 g/mol. The van der Waals surface area contributed by atoms with Gasteiger partial charge in [-0.05, 0) is 48.0 Å². The van der Waals surface area contributed by atoms with Crippen LogP contribution in [-0.2, 0) is 0 Å². The van der Waals surface area contributed by atoms with Crippen molar-refractivity contribution in [3.8, 4) is 5.75 Å². The molecule has 2 rings (SSSR count). The van der Waals surface area contributed by atoms with Crippen LogP contribution >= 0.6 is 23.2 Å². The number of halogens is 2. The summed E-state index contributed by atoms with van der Waals surface area (Å²) in [5.41, 5.74) is 1.17. The Morgan fingerprint density at radius 3 is 2.41 bits per heavy atom. The van der Waals surface area contributed by atoms with E-state index in [-0.39, 0.29) is 10.6 Å². The summed E-state index contributed by atoms with van der Waals surface area (Å²) < 4.78 is 5.28. The van der Waals surface area contributed by atoms with Gasteiger partial charge >= 0.3 is 5.97 Å². The molecule has 0 radical (unpaired) electrons. The molecule has 22 heavy (non-hydrogen) atoms. The zero-order valence-electron chi connectivity index (χ0n) is 12.1. The molecule has 0 atom stereocenters. The lowest BCUT2D eigenvalue weighted by atomic mass is 10.2. The lowest BCUT2D eigenvalue weighted by Gasteiger charge is -2.07. The van der Waals surface area contributed by atoms with Gasteiger partial charge in [-0.1, -0.05) is 23.2 Å². The van der Waals surface area contributed by atoms with Crippen molar-refractivity contribution in [2.75, 3.05) is 14.1 Å². The summed E-state index contributed by atoms with van der Waals surface area (Å²) in [5, 5.41) is 6.54. The summed E-state index contributed by atoms with van der Waals surface area (Å²) in [6, 6.07) is 11.6. The van der Waals surface area contributed by atoms with Gasteiger partial charge in [0.25, 0.3) is 0 Å². The van der Waals surface area contributed by atoms with Crippen LogP contribution in [0, 0.1) is 0 Å². The molecule has 2 aromatic carbocycles. The maximum absolute atomic E-state index is 12.1. The molecule has 0 aromatic heterocycles. The monoisotopic (exact) mass is 336 g/mol. The van der Waals surface area contributed by atoms with E-state index in [0.717, 1.165) is 5.56 Å². The summed E-state index contributed by atoms with van der Waals surface area (Å²) in [6.45, 7) is 0. The first-order valence-electron chi connectivity index (χ1n) is 6.44. The summed E-state index contributed by atoms with van der Waals surface area (Å²) in [4.78, 5) is 12.1. The molecular weight excluding hydrogens is 323 g/mol. The van der Waals surface area contributed by atoms with E-state index in [1.165, 1.54) is 12.1 Å². The smallest absolute Gasteiger partial charge is 0.345 e. The second-order valence-corrected chi connectivity index (χ2v) is 5.52.